The van der Waals surface area contributed by atoms with Crippen molar-refractivity contribution in [3.63, 3.8) is 0 Å². The highest BCUT2D eigenvalue weighted by molar-refractivity contribution is 6.04. The second-order valence-corrected chi connectivity index (χ2v) is 4.59. The van der Waals surface area contributed by atoms with Crippen LogP contribution in [0.15, 0.2) is 59.4 Å². The van der Waals surface area contributed by atoms with Gasteiger partial charge in [0.25, 0.3) is 5.91 Å². The monoisotopic (exact) mass is 279 g/mol. The number of pyridine rings is 1. The molecule has 2 aromatic heterocycles. The molecule has 0 bridgehead atoms. The van der Waals surface area contributed by atoms with Crippen molar-refractivity contribution in [2.75, 3.05) is 5.32 Å². The van der Waals surface area contributed by atoms with Crippen LogP contribution in [0, 0.1) is 6.92 Å². The predicted molar refractivity (Wildman–Crippen MR) is 78.9 cm³/mol. The zero-order valence-electron chi connectivity index (χ0n) is 11.4. The molecule has 1 N–H and O–H groups in total. The first-order valence-corrected chi connectivity index (χ1v) is 6.48. The summed E-state index contributed by atoms with van der Waals surface area (Å²) in [5.74, 6) is 0.0871. The molecular formula is C16H13N3O2. The van der Waals surface area contributed by atoms with Gasteiger partial charge in [0, 0.05) is 29.6 Å². The molecule has 0 aliphatic carbocycles. The van der Waals surface area contributed by atoms with Crippen LogP contribution in [0.3, 0.4) is 0 Å². The minimum Gasteiger partial charge on any atom is -0.338 e. The van der Waals surface area contributed by atoms with E-state index in [-0.39, 0.29) is 5.91 Å². The number of carbonyl (C=O) groups excluding carboxylic acids is 1. The highest BCUT2D eigenvalue weighted by atomic mass is 16.5. The van der Waals surface area contributed by atoms with Gasteiger partial charge in [0.15, 0.2) is 0 Å². The van der Waals surface area contributed by atoms with Gasteiger partial charge in [-0.15, -0.1) is 0 Å². The Morgan fingerprint density at radius 2 is 2.05 bits per heavy atom. The molecule has 0 fully saturated rings. The maximum atomic E-state index is 12.2. The van der Waals surface area contributed by atoms with Crippen molar-refractivity contribution in [3.05, 3.63) is 66.0 Å². The van der Waals surface area contributed by atoms with Crippen molar-refractivity contribution in [2.24, 2.45) is 0 Å². The summed E-state index contributed by atoms with van der Waals surface area (Å²) >= 11 is 0. The first-order chi connectivity index (χ1) is 10.2. The van der Waals surface area contributed by atoms with Crippen molar-refractivity contribution in [1.29, 1.82) is 0 Å². The van der Waals surface area contributed by atoms with E-state index in [1.807, 2.05) is 37.3 Å². The van der Waals surface area contributed by atoms with Gasteiger partial charge >= 0.3 is 0 Å². The number of rotatable bonds is 3. The fourth-order valence-electron chi connectivity index (χ4n) is 1.99. The number of aryl methyl sites for hydroxylation is 1. The molecule has 0 spiro atoms. The van der Waals surface area contributed by atoms with E-state index in [1.54, 1.807) is 24.5 Å². The van der Waals surface area contributed by atoms with E-state index < -0.39 is 0 Å². The smallest absolute Gasteiger partial charge is 0.258 e. The fourth-order valence-corrected chi connectivity index (χ4v) is 1.99. The van der Waals surface area contributed by atoms with Crippen molar-refractivity contribution in [2.45, 2.75) is 6.92 Å². The maximum Gasteiger partial charge on any atom is 0.258 e. The van der Waals surface area contributed by atoms with Crippen molar-refractivity contribution >= 4 is 11.8 Å². The highest BCUT2D eigenvalue weighted by Gasteiger charge is 2.12. The third-order valence-electron chi connectivity index (χ3n) is 3.09. The molecule has 0 aliphatic heterocycles. The van der Waals surface area contributed by atoms with Crippen molar-refractivity contribution < 1.29 is 9.32 Å². The Labute approximate surface area is 121 Å². The van der Waals surface area contributed by atoms with Crippen molar-refractivity contribution in [3.8, 4) is 11.3 Å². The van der Waals surface area contributed by atoms with Crippen LogP contribution in [0.25, 0.3) is 11.3 Å². The van der Waals surface area contributed by atoms with E-state index in [0.29, 0.717) is 17.1 Å². The Kier molecular flexibility index (Phi) is 3.47. The van der Waals surface area contributed by atoms with Crippen LogP contribution in [-0.4, -0.2) is 16.0 Å². The normalized spacial score (nSPS) is 10.3. The Morgan fingerprint density at radius 1 is 1.19 bits per heavy atom. The lowest BCUT2D eigenvalue weighted by atomic mass is 10.1. The minimum absolute atomic E-state index is 0.220. The molecule has 0 unspecified atom stereocenters. The minimum atomic E-state index is -0.220. The van der Waals surface area contributed by atoms with Crippen LogP contribution in [0.5, 0.6) is 0 Å². The molecule has 3 rings (SSSR count). The van der Waals surface area contributed by atoms with Gasteiger partial charge in [0.1, 0.15) is 5.69 Å². The molecule has 0 saturated heterocycles. The summed E-state index contributed by atoms with van der Waals surface area (Å²) in [5, 5.41) is 6.63. The number of aromatic nitrogens is 2. The lowest BCUT2D eigenvalue weighted by Crippen LogP contribution is -2.12. The number of anilines is 1. The Hall–Kier alpha value is -2.95. The van der Waals surface area contributed by atoms with E-state index in [9.17, 15) is 4.79 Å². The first kappa shape index (κ1) is 13.1. The molecule has 5 heteroatoms. The highest BCUT2D eigenvalue weighted by Crippen LogP contribution is 2.21. The van der Waals surface area contributed by atoms with E-state index >= 15 is 0 Å². The fraction of sp³-hybridized carbons (Fsp3) is 0.0625. The molecule has 104 valence electrons. The summed E-state index contributed by atoms with van der Waals surface area (Å²) in [5.41, 5.74) is 2.97. The molecule has 2 heterocycles. The molecule has 0 aliphatic rings. The van der Waals surface area contributed by atoms with Gasteiger partial charge in [-0.2, -0.15) is 0 Å². The van der Waals surface area contributed by atoms with Crippen LogP contribution < -0.4 is 5.32 Å². The van der Waals surface area contributed by atoms with Gasteiger partial charge in [-0.1, -0.05) is 23.4 Å². The molecule has 1 amide bonds. The number of nitrogens with zero attached hydrogens (tertiary/aromatic N) is 2. The number of amides is 1. The first-order valence-electron chi connectivity index (χ1n) is 6.48. The number of benzene rings is 1. The average molecular weight is 279 g/mol. The Balaban J connectivity index is 1.79. The van der Waals surface area contributed by atoms with Gasteiger partial charge in [0.2, 0.25) is 5.88 Å². The second-order valence-electron chi connectivity index (χ2n) is 4.59. The van der Waals surface area contributed by atoms with Gasteiger partial charge in [-0.3, -0.25) is 15.1 Å². The van der Waals surface area contributed by atoms with E-state index in [1.165, 1.54) is 0 Å². The molecule has 3 aromatic rings. The van der Waals surface area contributed by atoms with Crippen LogP contribution in [0.4, 0.5) is 5.88 Å². The molecule has 0 radical (unpaired) electrons. The van der Waals surface area contributed by atoms with E-state index in [0.717, 1.165) is 11.1 Å². The predicted octanol–water partition coefficient (Wildman–Crippen LogP) is 3.30. The standard InChI is InChI=1S/C16H13N3O2/c1-11-5-2-3-7-13(11)16(20)18-15-9-14(19-21-15)12-6-4-8-17-10-12/h2-10H,1H3,(H,18,20). The van der Waals surface area contributed by atoms with Gasteiger partial charge in [-0.25, -0.2) is 0 Å². The lowest BCUT2D eigenvalue weighted by Gasteiger charge is -2.03. The molecule has 5 nitrogen and oxygen atoms in total. The van der Waals surface area contributed by atoms with E-state index in [4.69, 9.17) is 4.52 Å². The number of nitrogens with one attached hydrogen (secondary N) is 1. The Morgan fingerprint density at radius 3 is 2.81 bits per heavy atom. The molecule has 1 aromatic carbocycles. The number of hydrogen-bond donors (Lipinski definition) is 1. The summed E-state index contributed by atoms with van der Waals surface area (Å²) in [7, 11) is 0. The third kappa shape index (κ3) is 2.81. The Bertz CT molecular complexity index is 766. The average Bonchev–Trinajstić information content (AvgIpc) is 2.97. The summed E-state index contributed by atoms with van der Waals surface area (Å²) in [6.45, 7) is 1.89. The summed E-state index contributed by atoms with van der Waals surface area (Å²) in [6, 6.07) is 12.7. The molecule has 0 atom stereocenters. The van der Waals surface area contributed by atoms with Gasteiger partial charge in [0.05, 0.1) is 0 Å². The zero-order chi connectivity index (χ0) is 14.7. The SMILES string of the molecule is Cc1ccccc1C(=O)Nc1cc(-c2cccnc2)no1. The van der Waals surface area contributed by atoms with Crippen LogP contribution in [-0.2, 0) is 0 Å². The summed E-state index contributed by atoms with van der Waals surface area (Å²) in [6.07, 6.45) is 3.37. The quantitative estimate of drug-likeness (QED) is 0.798. The van der Waals surface area contributed by atoms with Gasteiger partial charge < -0.3 is 4.52 Å². The van der Waals surface area contributed by atoms with Crippen LogP contribution in [0.1, 0.15) is 15.9 Å². The summed E-state index contributed by atoms with van der Waals surface area (Å²) in [4.78, 5) is 16.2. The van der Waals surface area contributed by atoms with Crippen LogP contribution >= 0.6 is 0 Å². The summed E-state index contributed by atoms with van der Waals surface area (Å²) < 4.78 is 5.14. The largest absolute Gasteiger partial charge is 0.338 e. The van der Waals surface area contributed by atoms with Crippen molar-refractivity contribution in [1.82, 2.24) is 10.1 Å². The van der Waals surface area contributed by atoms with E-state index in [2.05, 4.69) is 15.5 Å². The second kappa shape index (κ2) is 5.58. The lowest BCUT2D eigenvalue weighted by molar-refractivity contribution is 0.102. The number of carbonyl (C=O) groups is 1. The number of hydrogen-bond acceptors (Lipinski definition) is 4. The molecule has 21 heavy (non-hydrogen) atoms. The topological polar surface area (TPSA) is 68.0 Å². The maximum absolute atomic E-state index is 12.2. The third-order valence-corrected chi connectivity index (χ3v) is 3.09. The molecular weight excluding hydrogens is 266 g/mol. The zero-order valence-corrected chi connectivity index (χ0v) is 11.4. The molecule has 0 saturated carbocycles. The van der Waals surface area contributed by atoms with Crippen LogP contribution in [0.2, 0.25) is 0 Å². The van der Waals surface area contributed by atoms with Gasteiger partial charge in [-0.05, 0) is 30.7 Å².